The van der Waals surface area contributed by atoms with Crippen molar-refractivity contribution in [2.75, 3.05) is 6.61 Å². The number of benzene rings is 3. The summed E-state index contributed by atoms with van der Waals surface area (Å²) in [5, 5.41) is 7.88. The van der Waals surface area contributed by atoms with E-state index in [0.717, 1.165) is 12.0 Å². The number of sulfonamides is 1. The van der Waals surface area contributed by atoms with Gasteiger partial charge in [0.15, 0.2) is 0 Å². The Hall–Kier alpha value is -2.68. The first-order valence-corrected chi connectivity index (χ1v) is 11.5. The van der Waals surface area contributed by atoms with Crippen LogP contribution in [0.25, 0.3) is 0 Å². The SMILES string of the molecule is NS(=O)(=O)c1ccc(CNC(=O)c2ccc(OCCc3ccccc3)c(Br)c2)cc1. The summed E-state index contributed by atoms with van der Waals surface area (Å²) < 4.78 is 29.1. The van der Waals surface area contributed by atoms with Gasteiger partial charge in [0.25, 0.3) is 5.91 Å². The van der Waals surface area contributed by atoms with Crippen molar-refractivity contribution in [3.05, 3.63) is 94.0 Å². The lowest BCUT2D eigenvalue weighted by molar-refractivity contribution is 0.0950. The predicted octanol–water partition coefficient (Wildman–Crippen LogP) is 3.65. The van der Waals surface area contributed by atoms with E-state index in [1.165, 1.54) is 17.7 Å². The van der Waals surface area contributed by atoms with Crippen molar-refractivity contribution < 1.29 is 17.9 Å². The number of nitrogens with one attached hydrogen (secondary N) is 1. The normalized spacial score (nSPS) is 11.1. The molecule has 0 aliphatic rings. The van der Waals surface area contributed by atoms with E-state index in [0.29, 0.717) is 22.4 Å². The Balaban J connectivity index is 1.54. The molecule has 3 rings (SSSR count). The molecule has 30 heavy (non-hydrogen) atoms. The van der Waals surface area contributed by atoms with Crippen molar-refractivity contribution in [2.24, 2.45) is 5.14 Å². The molecule has 0 fully saturated rings. The zero-order chi connectivity index (χ0) is 21.6. The van der Waals surface area contributed by atoms with E-state index in [4.69, 9.17) is 9.88 Å². The number of hydrogen-bond acceptors (Lipinski definition) is 4. The number of rotatable bonds is 8. The van der Waals surface area contributed by atoms with Gasteiger partial charge in [0.2, 0.25) is 10.0 Å². The van der Waals surface area contributed by atoms with E-state index in [9.17, 15) is 13.2 Å². The lowest BCUT2D eigenvalue weighted by Crippen LogP contribution is -2.22. The third-order valence-electron chi connectivity index (χ3n) is 4.39. The van der Waals surface area contributed by atoms with Gasteiger partial charge in [0, 0.05) is 18.5 Å². The minimum Gasteiger partial charge on any atom is -0.492 e. The van der Waals surface area contributed by atoms with E-state index in [1.807, 2.05) is 30.3 Å². The average molecular weight is 489 g/mol. The predicted molar refractivity (Wildman–Crippen MR) is 119 cm³/mol. The van der Waals surface area contributed by atoms with E-state index in [1.54, 1.807) is 30.3 Å². The fraction of sp³-hybridized carbons (Fsp3) is 0.136. The zero-order valence-corrected chi connectivity index (χ0v) is 18.4. The van der Waals surface area contributed by atoms with Crippen LogP contribution in [0.3, 0.4) is 0 Å². The van der Waals surface area contributed by atoms with Gasteiger partial charge in [-0.3, -0.25) is 4.79 Å². The Bertz CT molecular complexity index is 1120. The summed E-state index contributed by atoms with van der Waals surface area (Å²) in [7, 11) is -3.73. The van der Waals surface area contributed by atoms with E-state index in [2.05, 4.69) is 21.2 Å². The van der Waals surface area contributed by atoms with Crippen LogP contribution in [0, 0.1) is 0 Å². The molecule has 8 heteroatoms. The van der Waals surface area contributed by atoms with Crippen LogP contribution in [0.4, 0.5) is 0 Å². The van der Waals surface area contributed by atoms with E-state index in [-0.39, 0.29) is 17.3 Å². The largest absolute Gasteiger partial charge is 0.492 e. The van der Waals surface area contributed by atoms with Gasteiger partial charge in [-0.1, -0.05) is 42.5 Å². The number of amides is 1. The molecule has 0 aliphatic heterocycles. The Kier molecular flexibility index (Phi) is 7.25. The molecule has 1 amide bonds. The Labute approximate surface area is 184 Å². The summed E-state index contributed by atoms with van der Waals surface area (Å²) in [5.74, 6) is 0.420. The van der Waals surface area contributed by atoms with Gasteiger partial charge in [-0.15, -0.1) is 0 Å². The second-order valence-corrected chi connectivity index (χ2v) is 9.02. The molecule has 0 saturated heterocycles. The van der Waals surface area contributed by atoms with Crippen LogP contribution in [0.15, 0.2) is 82.2 Å². The molecule has 0 saturated carbocycles. The molecule has 3 aromatic rings. The summed E-state index contributed by atoms with van der Waals surface area (Å²) >= 11 is 3.45. The maximum atomic E-state index is 12.4. The number of carbonyl (C=O) groups excluding carboxylic acids is 1. The molecule has 0 heterocycles. The van der Waals surface area contributed by atoms with Gasteiger partial charge in [0.1, 0.15) is 5.75 Å². The standard InChI is InChI=1S/C22H21BrN2O4S/c23-20-14-18(8-11-21(20)29-13-12-16-4-2-1-3-5-16)22(26)25-15-17-6-9-19(10-7-17)30(24,27)28/h1-11,14H,12-13,15H2,(H,25,26)(H2,24,27,28). The number of carbonyl (C=O) groups is 1. The average Bonchev–Trinajstić information content (AvgIpc) is 2.73. The van der Waals surface area contributed by atoms with Gasteiger partial charge < -0.3 is 10.1 Å². The Morgan fingerprint density at radius 3 is 2.30 bits per heavy atom. The van der Waals surface area contributed by atoms with Crippen LogP contribution in [0.1, 0.15) is 21.5 Å². The molecule has 0 aliphatic carbocycles. The minimum atomic E-state index is -3.73. The highest BCUT2D eigenvalue weighted by molar-refractivity contribution is 9.10. The summed E-state index contributed by atoms with van der Waals surface area (Å²) in [5.41, 5.74) is 2.44. The summed E-state index contributed by atoms with van der Waals surface area (Å²) in [4.78, 5) is 12.4. The van der Waals surface area contributed by atoms with Crippen LogP contribution < -0.4 is 15.2 Å². The summed E-state index contributed by atoms with van der Waals surface area (Å²) in [6.45, 7) is 0.791. The van der Waals surface area contributed by atoms with E-state index >= 15 is 0 Å². The zero-order valence-electron chi connectivity index (χ0n) is 16.0. The fourth-order valence-electron chi connectivity index (χ4n) is 2.76. The number of nitrogens with two attached hydrogens (primary N) is 1. The van der Waals surface area contributed by atoms with Crippen LogP contribution >= 0.6 is 15.9 Å². The van der Waals surface area contributed by atoms with Crippen molar-refractivity contribution in [1.82, 2.24) is 5.32 Å². The molecule has 0 atom stereocenters. The quantitative estimate of drug-likeness (QED) is 0.505. The Morgan fingerprint density at radius 1 is 0.967 bits per heavy atom. The first-order chi connectivity index (χ1) is 14.3. The third kappa shape index (κ3) is 6.16. The highest BCUT2D eigenvalue weighted by Crippen LogP contribution is 2.26. The molecule has 3 aromatic carbocycles. The number of halogens is 1. The molecule has 3 N–H and O–H groups in total. The van der Waals surface area contributed by atoms with E-state index < -0.39 is 10.0 Å². The number of ether oxygens (including phenoxy) is 1. The van der Waals surface area contributed by atoms with Crippen molar-refractivity contribution in [3.8, 4) is 5.75 Å². The topological polar surface area (TPSA) is 98.5 Å². The highest BCUT2D eigenvalue weighted by atomic mass is 79.9. The molecule has 0 bridgehead atoms. The third-order valence-corrected chi connectivity index (χ3v) is 5.94. The molecule has 0 radical (unpaired) electrons. The van der Waals surface area contributed by atoms with Crippen LogP contribution in [-0.4, -0.2) is 20.9 Å². The molecule has 0 aromatic heterocycles. The van der Waals surface area contributed by atoms with Crippen molar-refractivity contribution in [2.45, 2.75) is 17.9 Å². The molecule has 0 spiro atoms. The summed E-state index contributed by atoms with van der Waals surface area (Å²) in [6, 6.07) is 21.3. The second kappa shape index (κ2) is 9.88. The molecular weight excluding hydrogens is 468 g/mol. The first-order valence-electron chi connectivity index (χ1n) is 9.19. The maximum Gasteiger partial charge on any atom is 0.251 e. The first kappa shape index (κ1) is 22.0. The van der Waals surface area contributed by atoms with Gasteiger partial charge >= 0.3 is 0 Å². The van der Waals surface area contributed by atoms with Crippen molar-refractivity contribution >= 4 is 31.9 Å². The lowest BCUT2D eigenvalue weighted by Gasteiger charge is -2.11. The van der Waals surface area contributed by atoms with Gasteiger partial charge in [-0.05, 0) is 57.4 Å². The second-order valence-electron chi connectivity index (χ2n) is 6.60. The fourth-order valence-corrected chi connectivity index (χ4v) is 3.77. The van der Waals surface area contributed by atoms with Gasteiger partial charge in [0.05, 0.1) is 16.0 Å². The van der Waals surface area contributed by atoms with Crippen LogP contribution in [0.2, 0.25) is 0 Å². The molecule has 0 unspecified atom stereocenters. The summed E-state index contributed by atoms with van der Waals surface area (Å²) in [6.07, 6.45) is 0.791. The minimum absolute atomic E-state index is 0.0318. The number of hydrogen-bond donors (Lipinski definition) is 2. The maximum absolute atomic E-state index is 12.4. The van der Waals surface area contributed by atoms with Gasteiger partial charge in [-0.2, -0.15) is 0 Å². The Morgan fingerprint density at radius 2 is 1.67 bits per heavy atom. The molecular formula is C22H21BrN2O4S. The van der Waals surface area contributed by atoms with Crippen molar-refractivity contribution in [3.63, 3.8) is 0 Å². The van der Waals surface area contributed by atoms with Crippen LogP contribution in [0.5, 0.6) is 5.75 Å². The lowest BCUT2D eigenvalue weighted by atomic mass is 10.1. The van der Waals surface area contributed by atoms with Crippen LogP contribution in [-0.2, 0) is 23.0 Å². The highest BCUT2D eigenvalue weighted by Gasteiger charge is 2.10. The smallest absolute Gasteiger partial charge is 0.251 e. The van der Waals surface area contributed by atoms with Crippen molar-refractivity contribution in [1.29, 1.82) is 0 Å². The molecule has 156 valence electrons. The monoisotopic (exact) mass is 488 g/mol. The number of primary sulfonamides is 1. The van der Waals surface area contributed by atoms with Gasteiger partial charge in [-0.25, -0.2) is 13.6 Å². The molecule has 6 nitrogen and oxygen atoms in total.